The summed E-state index contributed by atoms with van der Waals surface area (Å²) in [5.41, 5.74) is 1.40. The Balaban J connectivity index is 2.01. The molecule has 0 unspecified atom stereocenters. The molecule has 0 radical (unpaired) electrons. The lowest BCUT2D eigenvalue weighted by atomic mass is 10.1. The first-order valence-electron chi connectivity index (χ1n) is 6.47. The maximum atomic E-state index is 4.04. The summed E-state index contributed by atoms with van der Waals surface area (Å²) >= 11 is 0. The van der Waals surface area contributed by atoms with Crippen LogP contribution in [0, 0.1) is 0 Å². The van der Waals surface area contributed by atoms with Gasteiger partial charge in [-0.25, -0.2) is 0 Å². The number of hydrogen-bond acceptors (Lipinski definition) is 3. The molecule has 0 aliphatic heterocycles. The Kier molecular flexibility index (Phi) is 8.55. The van der Waals surface area contributed by atoms with Crippen molar-refractivity contribution in [2.75, 3.05) is 38.4 Å². The summed E-state index contributed by atoms with van der Waals surface area (Å²) in [4.78, 5) is 6.49. The molecule has 0 saturated carbocycles. The molecule has 0 aliphatic carbocycles. The molecule has 0 amide bonds. The first-order chi connectivity index (χ1) is 8.68. The molecule has 0 N–H and O–H groups in total. The van der Waals surface area contributed by atoms with Crippen LogP contribution in [-0.2, 0) is 16.3 Å². The summed E-state index contributed by atoms with van der Waals surface area (Å²) in [6.45, 7) is 2.41. The van der Waals surface area contributed by atoms with Crippen LogP contribution in [0.2, 0.25) is 0 Å². The molecule has 0 aromatic carbocycles. The van der Waals surface area contributed by atoms with Gasteiger partial charge in [0, 0.05) is 18.1 Å². The first-order valence-corrected chi connectivity index (χ1v) is 10.0. The van der Waals surface area contributed by atoms with Gasteiger partial charge in [0.2, 0.25) is 0 Å². The van der Waals surface area contributed by atoms with E-state index in [0.717, 1.165) is 6.42 Å². The second kappa shape index (κ2) is 9.70. The normalized spacial score (nSPS) is 11.4. The third-order valence-corrected chi connectivity index (χ3v) is 5.60. The van der Waals surface area contributed by atoms with Crippen molar-refractivity contribution in [3.05, 3.63) is 30.1 Å². The number of rotatable bonds is 9. The Hall–Kier alpha value is -0.190. The topological polar surface area (TPSA) is 16.1 Å². The highest BCUT2D eigenvalue weighted by Gasteiger charge is 2.05. The van der Waals surface area contributed by atoms with E-state index in [2.05, 4.69) is 52.4 Å². The first kappa shape index (κ1) is 15.9. The average Bonchev–Trinajstić information content (AvgIpc) is 2.36. The monoisotopic (exact) mass is 285 g/mol. The fraction of sp³-hybridized carbons (Fsp3) is 0.643. The van der Waals surface area contributed by atoms with Crippen LogP contribution in [0.5, 0.6) is 0 Å². The third-order valence-electron chi connectivity index (χ3n) is 2.76. The van der Waals surface area contributed by atoms with Gasteiger partial charge >= 0.3 is 0 Å². The van der Waals surface area contributed by atoms with E-state index in [9.17, 15) is 0 Å². The molecule has 1 heterocycles. The van der Waals surface area contributed by atoms with E-state index >= 15 is 0 Å². The summed E-state index contributed by atoms with van der Waals surface area (Å²) in [6.07, 6.45) is 12.0. The predicted molar refractivity (Wildman–Crippen MR) is 86.3 cm³/mol. The number of hydrogen-bond donors (Lipinski definition) is 0. The van der Waals surface area contributed by atoms with Gasteiger partial charge in [-0.1, -0.05) is 0 Å². The minimum Gasteiger partial charge on any atom is -0.306 e. The van der Waals surface area contributed by atoms with Crippen molar-refractivity contribution in [3.8, 4) is 0 Å². The van der Waals surface area contributed by atoms with Crippen LogP contribution in [0.3, 0.4) is 0 Å². The molecule has 0 bridgehead atoms. The van der Waals surface area contributed by atoms with Gasteiger partial charge in [-0.2, -0.15) is 0 Å². The molecule has 0 fully saturated rings. The highest BCUT2D eigenvalue weighted by atomic mass is 33.1. The van der Waals surface area contributed by atoms with Crippen LogP contribution in [0.4, 0.5) is 0 Å². The minimum absolute atomic E-state index is 0.532. The quantitative estimate of drug-likeness (QED) is 0.394. The smallest absolute Gasteiger partial charge is 0.109 e. The van der Waals surface area contributed by atoms with Gasteiger partial charge in [-0.3, -0.25) is 4.98 Å². The lowest BCUT2D eigenvalue weighted by Crippen LogP contribution is -2.21. The van der Waals surface area contributed by atoms with Crippen LogP contribution in [0.15, 0.2) is 24.5 Å². The molecule has 0 saturated heterocycles. The van der Waals surface area contributed by atoms with Crippen LogP contribution in [0.25, 0.3) is 0 Å². The molecule has 102 valence electrons. The van der Waals surface area contributed by atoms with Crippen molar-refractivity contribution in [2.24, 2.45) is 0 Å². The summed E-state index contributed by atoms with van der Waals surface area (Å²) in [6, 6.07) is 4.22. The Bertz CT molecular complexity index is 304. The summed E-state index contributed by atoms with van der Waals surface area (Å²) in [5, 5.41) is 0. The molecule has 4 heteroatoms. The van der Waals surface area contributed by atoms with Crippen molar-refractivity contribution in [1.82, 2.24) is 9.88 Å². The van der Waals surface area contributed by atoms with E-state index in [1.54, 1.807) is 0 Å². The summed E-state index contributed by atoms with van der Waals surface area (Å²) < 4.78 is 0. The van der Waals surface area contributed by atoms with Gasteiger partial charge < -0.3 is 4.90 Å². The fourth-order valence-electron chi connectivity index (χ4n) is 1.77. The van der Waals surface area contributed by atoms with Crippen molar-refractivity contribution >= 4 is 20.7 Å². The Morgan fingerprint density at radius 1 is 1.17 bits per heavy atom. The summed E-state index contributed by atoms with van der Waals surface area (Å²) in [7, 11) is 4.85. The van der Waals surface area contributed by atoms with Crippen LogP contribution in [-0.4, -0.2) is 48.3 Å². The maximum Gasteiger partial charge on any atom is 0.109 e. The standard InChI is InChI=1S/C14H25N2S2/c1-16(12-5-13-17-18(2)3)11-4-6-14-7-9-15-10-8-14/h7-10H,4-6,11-13H2,1-3H3/q+1. The Morgan fingerprint density at radius 3 is 2.50 bits per heavy atom. The van der Waals surface area contributed by atoms with E-state index < -0.39 is 0 Å². The number of pyridine rings is 1. The molecule has 1 rings (SSSR count). The predicted octanol–water partition coefficient (Wildman–Crippen LogP) is 2.86. The van der Waals surface area contributed by atoms with Crippen molar-refractivity contribution in [1.29, 1.82) is 0 Å². The van der Waals surface area contributed by atoms with Gasteiger partial charge in [0.15, 0.2) is 0 Å². The lowest BCUT2D eigenvalue weighted by molar-refractivity contribution is 0.331. The van der Waals surface area contributed by atoms with Crippen molar-refractivity contribution in [3.63, 3.8) is 0 Å². The largest absolute Gasteiger partial charge is 0.306 e. The molecule has 0 aliphatic rings. The van der Waals surface area contributed by atoms with Gasteiger partial charge in [-0.05, 0) is 57.1 Å². The van der Waals surface area contributed by atoms with Crippen LogP contribution < -0.4 is 0 Å². The van der Waals surface area contributed by atoms with Crippen LogP contribution >= 0.6 is 10.8 Å². The molecule has 1 aromatic heterocycles. The van der Waals surface area contributed by atoms with Crippen molar-refractivity contribution in [2.45, 2.75) is 19.3 Å². The number of aryl methyl sites for hydroxylation is 1. The SMILES string of the molecule is CN(CCCS[S+](C)C)CCCc1ccncc1. The second-order valence-corrected chi connectivity index (χ2v) is 9.51. The van der Waals surface area contributed by atoms with E-state index in [1.807, 2.05) is 12.4 Å². The molecule has 0 spiro atoms. The zero-order chi connectivity index (χ0) is 13.2. The molecular formula is C14H25N2S2+. The third kappa shape index (κ3) is 8.01. The van der Waals surface area contributed by atoms with E-state index in [-0.39, 0.29) is 0 Å². The Morgan fingerprint density at radius 2 is 1.83 bits per heavy atom. The van der Waals surface area contributed by atoms with E-state index in [1.165, 1.54) is 37.2 Å². The highest BCUT2D eigenvalue weighted by Crippen LogP contribution is 2.11. The van der Waals surface area contributed by atoms with E-state index in [4.69, 9.17) is 0 Å². The Labute approximate surface area is 118 Å². The zero-order valence-corrected chi connectivity index (χ0v) is 13.4. The van der Waals surface area contributed by atoms with Gasteiger partial charge in [0.05, 0.1) is 20.7 Å². The van der Waals surface area contributed by atoms with Crippen molar-refractivity contribution < 1.29 is 0 Å². The molecule has 1 aromatic rings. The lowest BCUT2D eigenvalue weighted by Gasteiger charge is -2.15. The molecule has 18 heavy (non-hydrogen) atoms. The van der Waals surface area contributed by atoms with Gasteiger partial charge in [0.25, 0.3) is 0 Å². The minimum atomic E-state index is 0.532. The van der Waals surface area contributed by atoms with E-state index in [0.29, 0.717) is 9.93 Å². The zero-order valence-electron chi connectivity index (χ0n) is 11.8. The maximum absolute atomic E-state index is 4.04. The fourth-order valence-corrected chi connectivity index (χ4v) is 3.71. The second-order valence-electron chi connectivity index (χ2n) is 4.68. The molecule has 0 atom stereocenters. The number of nitrogens with zero attached hydrogens (tertiary/aromatic N) is 2. The highest BCUT2D eigenvalue weighted by molar-refractivity contribution is 8.73. The van der Waals surface area contributed by atoms with Gasteiger partial charge in [-0.15, -0.1) is 0 Å². The molecule has 2 nitrogen and oxygen atoms in total. The average molecular weight is 286 g/mol. The van der Waals surface area contributed by atoms with Gasteiger partial charge in [0.1, 0.15) is 12.5 Å². The van der Waals surface area contributed by atoms with Crippen LogP contribution in [0.1, 0.15) is 18.4 Å². The number of aromatic nitrogens is 1. The molecular weight excluding hydrogens is 260 g/mol. The summed E-state index contributed by atoms with van der Waals surface area (Å²) in [5.74, 6) is 1.30.